The van der Waals surface area contributed by atoms with Crippen molar-refractivity contribution in [3.05, 3.63) is 35.9 Å². The molecule has 1 saturated heterocycles. The summed E-state index contributed by atoms with van der Waals surface area (Å²) in [7, 11) is 0. The topological polar surface area (TPSA) is 108 Å². The molecule has 1 amide bonds. The van der Waals surface area contributed by atoms with E-state index in [1.165, 1.54) is 6.92 Å². The highest BCUT2D eigenvalue weighted by atomic mass is 16.6. The second kappa shape index (κ2) is 7.66. The van der Waals surface area contributed by atoms with Gasteiger partial charge in [0.05, 0.1) is 13.2 Å². The molecule has 0 aromatic heterocycles. The summed E-state index contributed by atoms with van der Waals surface area (Å²) in [5, 5.41) is 31.9. The van der Waals surface area contributed by atoms with E-state index in [1.807, 2.05) is 30.3 Å². The van der Waals surface area contributed by atoms with Crippen LogP contribution in [-0.2, 0) is 20.9 Å². The molecule has 1 heterocycles. The third kappa shape index (κ3) is 4.02. The van der Waals surface area contributed by atoms with Crippen LogP contribution in [-0.4, -0.2) is 58.5 Å². The summed E-state index contributed by atoms with van der Waals surface area (Å²) in [5.74, 6) is -0.379. The van der Waals surface area contributed by atoms with Gasteiger partial charge in [-0.2, -0.15) is 0 Å². The number of ether oxygens (including phenoxy) is 2. The first-order chi connectivity index (χ1) is 10.5. The van der Waals surface area contributed by atoms with Crippen LogP contribution in [0.15, 0.2) is 30.3 Å². The third-order valence-corrected chi connectivity index (χ3v) is 3.53. The Balaban J connectivity index is 2.10. The number of benzene rings is 1. The van der Waals surface area contributed by atoms with Gasteiger partial charge in [0.15, 0.2) is 6.29 Å². The standard InChI is InChI=1S/C15H21NO6/c1-9(18)16-12-14(13(19)11(7-17)22-15(12)20)21-8-10-5-3-2-4-6-10/h2-6,11-15,17,19-20H,7-8H2,1H3,(H,16,18)/t11-,12-,13+,14-,15+/m0/s1. The van der Waals surface area contributed by atoms with Crippen molar-refractivity contribution >= 4 is 5.91 Å². The average molecular weight is 311 g/mol. The molecule has 0 spiro atoms. The van der Waals surface area contributed by atoms with Crippen molar-refractivity contribution in [3.63, 3.8) is 0 Å². The van der Waals surface area contributed by atoms with Crippen molar-refractivity contribution in [3.8, 4) is 0 Å². The zero-order chi connectivity index (χ0) is 16.1. The Labute approximate surface area is 128 Å². The Kier molecular flexibility index (Phi) is 5.87. The summed E-state index contributed by atoms with van der Waals surface area (Å²) >= 11 is 0. The molecule has 0 aliphatic carbocycles. The van der Waals surface area contributed by atoms with Gasteiger partial charge in [-0.3, -0.25) is 4.79 Å². The Morgan fingerprint density at radius 1 is 1.32 bits per heavy atom. The molecular formula is C15H21NO6. The smallest absolute Gasteiger partial charge is 0.217 e. The van der Waals surface area contributed by atoms with E-state index in [0.717, 1.165) is 5.56 Å². The quantitative estimate of drug-likeness (QED) is 0.564. The van der Waals surface area contributed by atoms with Gasteiger partial charge in [-0.1, -0.05) is 30.3 Å². The second-order valence-corrected chi connectivity index (χ2v) is 5.23. The second-order valence-electron chi connectivity index (χ2n) is 5.23. The Bertz CT molecular complexity index is 482. The largest absolute Gasteiger partial charge is 0.394 e. The molecule has 1 aliphatic rings. The van der Waals surface area contributed by atoms with Crippen LogP contribution in [0.2, 0.25) is 0 Å². The number of carbonyl (C=O) groups is 1. The lowest BCUT2D eigenvalue weighted by atomic mass is 9.96. The molecule has 7 heteroatoms. The van der Waals surface area contributed by atoms with Gasteiger partial charge < -0.3 is 30.1 Å². The lowest BCUT2D eigenvalue weighted by Gasteiger charge is -2.42. The molecule has 1 aromatic carbocycles. The number of rotatable bonds is 5. The van der Waals surface area contributed by atoms with E-state index < -0.39 is 37.3 Å². The molecule has 1 aliphatic heterocycles. The van der Waals surface area contributed by atoms with Gasteiger partial charge in [-0.25, -0.2) is 0 Å². The summed E-state index contributed by atoms with van der Waals surface area (Å²) < 4.78 is 10.8. The maximum atomic E-state index is 11.3. The monoisotopic (exact) mass is 311 g/mol. The lowest BCUT2D eigenvalue weighted by Crippen LogP contribution is -2.64. The van der Waals surface area contributed by atoms with E-state index in [0.29, 0.717) is 0 Å². The van der Waals surface area contributed by atoms with Crippen LogP contribution in [0.4, 0.5) is 0 Å². The molecule has 0 unspecified atom stereocenters. The summed E-state index contributed by atoms with van der Waals surface area (Å²) in [6, 6.07) is 8.39. The van der Waals surface area contributed by atoms with Gasteiger partial charge in [-0.05, 0) is 5.56 Å². The van der Waals surface area contributed by atoms with E-state index >= 15 is 0 Å². The van der Waals surface area contributed by atoms with Crippen LogP contribution in [0.25, 0.3) is 0 Å². The number of hydrogen-bond acceptors (Lipinski definition) is 6. The molecule has 22 heavy (non-hydrogen) atoms. The minimum atomic E-state index is -1.37. The molecule has 5 atom stereocenters. The van der Waals surface area contributed by atoms with Crippen molar-refractivity contribution in [2.45, 2.75) is 44.2 Å². The van der Waals surface area contributed by atoms with Crippen molar-refractivity contribution in [2.75, 3.05) is 6.61 Å². The fourth-order valence-electron chi connectivity index (χ4n) is 2.44. The van der Waals surface area contributed by atoms with Gasteiger partial charge in [-0.15, -0.1) is 0 Å². The van der Waals surface area contributed by atoms with Gasteiger partial charge in [0, 0.05) is 6.92 Å². The third-order valence-electron chi connectivity index (χ3n) is 3.53. The maximum Gasteiger partial charge on any atom is 0.217 e. The number of carbonyl (C=O) groups excluding carboxylic acids is 1. The first-order valence-electron chi connectivity index (χ1n) is 7.08. The first-order valence-corrected chi connectivity index (χ1v) is 7.08. The predicted octanol–water partition coefficient (Wildman–Crippen LogP) is -0.853. The fraction of sp³-hybridized carbons (Fsp3) is 0.533. The minimum absolute atomic E-state index is 0.198. The van der Waals surface area contributed by atoms with Crippen LogP contribution in [0.1, 0.15) is 12.5 Å². The number of hydrogen-bond donors (Lipinski definition) is 4. The Morgan fingerprint density at radius 2 is 2.00 bits per heavy atom. The normalized spacial score (nSPS) is 31.7. The molecule has 7 nitrogen and oxygen atoms in total. The highest BCUT2D eigenvalue weighted by Gasteiger charge is 2.45. The predicted molar refractivity (Wildman–Crippen MR) is 76.6 cm³/mol. The number of aliphatic hydroxyl groups excluding tert-OH is 3. The summed E-state index contributed by atoms with van der Waals surface area (Å²) in [6.45, 7) is 1.03. The van der Waals surface area contributed by atoms with Crippen LogP contribution >= 0.6 is 0 Å². The molecule has 2 rings (SSSR count). The molecule has 122 valence electrons. The lowest BCUT2D eigenvalue weighted by molar-refractivity contribution is -0.263. The maximum absolute atomic E-state index is 11.3. The van der Waals surface area contributed by atoms with E-state index in [4.69, 9.17) is 9.47 Å². The number of nitrogens with one attached hydrogen (secondary N) is 1. The number of amides is 1. The van der Waals surface area contributed by atoms with E-state index in [-0.39, 0.29) is 12.5 Å². The van der Waals surface area contributed by atoms with Gasteiger partial charge >= 0.3 is 0 Å². The summed E-state index contributed by atoms with van der Waals surface area (Å²) in [4.78, 5) is 11.3. The van der Waals surface area contributed by atoms with Gasteiger partial charge in [0.1, 0.15) is 24.4 Å². The molecular weight excluding hydrogens is 290 g/mol. The fourth-order valence-corrected chi connectivity index (χ4v) is 2.44. The molecule has 0 bridgehead atoms. The van der Waals surface area contributed by atoms with E-state index in [9.17, 15) is 20.1 Å². The highest BCUT2D eigenvalue weighted by molar-refractivity contribution is 5.73. The van der Waals surface area contributed by atoms with E-state index in [1.54, 1.807) is 0 Å². The summed E-state index contributed by atoms with van der Waals surface area (Å²) in [5.41, 5.74) is 0.887. The zero-order valence-electron chi connectivity index (χ0n) is 12.3. The van der Waals surface area contributed by atoms with Crippen molar-refractivity contribution < 1.29 is 29.6 Å². The average Bonchev–Trinajstić information content (AvgIpc) is 2.50. The van der Waals surface area contributed by atoms with Crippen molar-refractivity contribution in [1.29, 1.82) is 0 Å². The van der Waals surface area contributed by atoms with Crippen LogP contribution in [0.3, 0.4) is 0 Å². The molecule has 0 radical (unpaired) electrons. The first kappa shape index (κ1) is 16.9. The Morgan fingerprint density at radius 3 is 2.59 bits per heavy atom. The molecule has 0 saturated carbocycles. The van der Waals surface area contributed by atoms with Gasteiger partial charge in [0.25, 0.3) is 0 Å². The van der Waals surface area contributed by atoms with Gasteiger partial charge in [0.2, 0.25) is 5.91 Å². The minimum Gasteiger partial charge on any atom is -0.394 e. The molecule has 1 fully saturated rings. The van der Waals surface area contributed by atoms with E-state index in [2.05, 4.69) is 5.32 Å². The van der Waals surface area contributed by atoms with Crippen molar-refractivity contribution in [2.24, 2.45) is 0 Å². The zero-order valence-corrected chi connectivity index (χ0v) is 12.3. The SMILES string of the molecule is CC(=O)N[C@H]1[C@H](OCc2ccccc2)[C@H](O)[C@H](CO)O[C@H]1O. The molecule has 1 aromatic rings. The van der Waals surface area contributed by atoms with Crippen LogP contribution in [0.5, 0.6) is 0 Å². The highest BCUT2D eigenvalue weighted by Crippen LogP contribution is 2.23. The summed E-state index contributed by atoms with van der Waals surface area (Å²) in [6.07, 6.45) is -4.41. The van der Waals surface area contributed by atoms with Crippen LogP contribution in [0, 0.1) is 0 Å². The van der Waals surface area contributed by atoms with Crippen LogP contribution < -0.4 is 5.32 Å². The Hall–Kier alpha value is -1.51. The molecule has 4 N–H and O–H groups in total. The number of aliphatic hydroxyl groups is 3. The van der Waals surface area contributed by atoms with Crippen molar-refractivity contribution in [1.82, 2.24) is 5.32 Å².